The summed E-state index contributed by atoms with van der Waals surface area (Å²) in [5.74, 6) is -1.29. The molecule has 0 amide bonds. The van der Waals surface area contributed by atoms with Gasteiger partial charge in [-0.2, -0.15) is 5.26 Å². The molecular weight excluding hydrogens is 283 g/mol. The number of carbonyl (C=O) groups is 1. The summed E-state index contributed by atoms with van der Waals surface area (Å²) in [6.07, 6.45) is 3.08. The lowest BCUT2D eigenvalue weighted by molar-refractivity contribution is 0.0979. The average Bonchev–Trinajstić information content (AvgIpc) is 2.40. The van der Waals surface area contributed by atoms with Crippen LogP contribution in [-0.4, -0.2) is 10.8 Å². The highest BCUT2D eigenvalue weighted by atomic mass is 35.5. The van der Waals surface area contributed by atoms with Crippen molar-refractivity contribution in [1.29, 1.82) is 5.26 Å². The first-order valence-corrected chi connectivity index (χ1v) is 6.18. The van der Waals surface area contributed by atoms with Crippen LogP contribution in [-0.2, 0) is 0 Å². The summed E-state index contributed by atoms with van der Waals surface area (Å²) in [6.45, 7) is 0. The lowest BCUT2D eigenvalue weighted by atomic mass is 9.93. The minimum absolute atomic E-state index is 0.238. The molecule has 0 radical (unpaired) electrons. The number of hydrogen-bond acceptors (Lipinski definition) is 3. The van der Waals surface area contributed by atoms with E-state index >= 15 is 0 Å². The van der Waals surface area contributed by atoms with Crippen LogP contribution in [0.4, 0.5) is 0 Å². The summed E-state index contributed by atoms with van der Waals surface area (Å²) < 4.78 is 0. The Bertz CT molecular complexity index is 650. The number of pyridine rings is 1. The number of hydrogen-bond donors (Lipinski definition) is 0. The number of ketones is 1. The zero-order chi connectivity index (χ0) is 13.8. The second-order valence-electron chi connectivity index (χ2n) is 3.84. The van der Waals surface area contributed by atoms with E-state index in [0.717, 1.165) is 0 Å². The van der Waals surface area contributed by atoms with E-state index in [0.29, 0.717) is 10.6 Å². The fourth-order valence-electron chi connectivity index (χ4n) is 1.68. The maximum atomic E-state index is 12.3. The molecule has 0 aliphatic heterocycles. The summed E-state index contributed by atoms with van der Waals surface area (Å²) in [7, 11) is 0. The van der Waals surface area contributed by atoms with Crippen molar-refractivity contribution < 1.29 is 4.79 Å². The molecule has 0 saturated carbocycles. The fraction of sp³-hybridized carbons (Fsp3) is 0.0714. The molecule has 0 bridgehead atoms. The molecule has 1 atom stereocenters. The molecule has 0 N–H and O–H groups in total. The predicted octanol–water partition coefficient (Wildman–Crippen LogP) is 3.88. The molecule has 2 rings (SSSR count). The van der Waals surface area contributed by atoms with Crippen LogP contribution in [0.3, 0.4) is 0 Å². The van der Waals surface area contributed by atoms with E-state index in [-0.39, 0.29) is 16.4 Å². The Morgan fingerprint density at radius 2 is 2.11 bits per heavy atom. The maximum Gasteiger partial charge on any atom is 0.186 e. The van der Waals surface area contributed by atoms with Crippen LogP contribution in [0.1, 0.15) is 21.8 Å². The van der Waals surface area contributed by atoms with Crippen LogP contribution < -0.4 is 0 Å². The van der Waals surface area contributed by atoms with Gasteiger partial charge in [-0.1, -0.05) is 29.3 Å². The molecule has 1 heterocycles. The summed E-state index contributed by atoms with van der Waals surface area (Å²) in [4.78, 5) is 16.2. The van der Waals surface area contributed by atoms with Crippen LogP contribution in [0.25, 0.3) is 0 Å². The van der Waals surface area contributed by atoms with Crippen molar-refractivity contribution in [1.82, 2.24) is 4.98 Å². The van der Waals surface area contributed by atoms with Crippen LogP contribution in [0, 0.1) is 11.3 Å². The van der Waals surface area contributed by atoms with Gasteiger partial charge in [0.05, 0.1) is 11.1 Å². The van der Waals surface area contributed by atoms with Gasteiger partial charge in [-0.3, -0.25) is 9.78 Å². The van der Waals surface area contributed by atoms with Crippen LogP contribution >= 0.6 is 23.2 Å². The number of carbonyl (C=O) groups excluding carboxylic acids is 1. The van der Waals surface area contributed by atoms with Gasteiger partial charge in [0, 0.05) is 23.0 Å². The standard InChI is InChI=1S/C14H8Cl2N2O/c15-10-3-4-11(13(16)6-10)14(19)12(7-17)9-2-1-5-18-8-9/h1-6,8,12H. The Balaban J connectivity index is 2.40. The third-order valence-corrected chi connectivity index (χ3v) is 3.15. The third kappa shape index (κ3) is 2.93. The summed E-state index contributed by atoms with van der Waals surface area (Å²) in [5.41, 5.74) is 0.822. The van der Waals surface area contributed by atoms with Crippen LogP contribution in [0.15, 0.2) is 42.7 Å². The van der Waals surface area contributed by atoms with Crippen molar-refractivity contribution in [3.63, 3.8) is 0 Å². The monoisotopic (exact) mass is 290 g/mol. The molecule has 94 valence electrons. The highest BCUT2D eigenvalue weighted by molar-refractivity contribution is 6.37. The molecule has 0 aliphatic carbocycles. The van der Waals surface area contributed by atoms with Crippen molar-refractivity contribution in [2.45, 2.75) is 5.92 Å². The highest BCUT2D eigenvalue weighted by Gasteiger charge is 2.23. The predicted molar refractivity (Wildman–Crippen MR) is 73.4 cm³/mol. The molecule has 0 fully saturated rings. The Morgan fingerprint density at radius 3 is 2.68 bits per heavy atom. The van der Waals surface area contributed by atoms with E-state index in [2.05, 4.69) is 4.98 Å². The number of nitriles is 1. The first-order valence-electron chi connectivity index (χ1n) is 5.42. The summed E-state index contributed by atoms with van der Waals surface area (Å²) in [5, 5.41) is 9.87. The van der Waals surface area contributed by atoms with Gasteiger partial charge in [-0.05, 0) is 29.8 Å². The molecule has 1 unspecified atom stereocenters. The molecule has 0 aliphatic rings. The van der Waals surface area contributed by atoms with Crippen molar-refractivity contribution in [2.24, 2.45) is 0 Å². The van der Waals surface area contributed by atoms with E-state index in [9.17, 15) is 10.1 Å². The molecule has 0 spiro atoms. The van der Waals surface area contributed by atoms with Crippen LogP contribution in [0.5, 0.6) is 0 Å². The number of halogens is 2. The molecule has 1 aromatic heterocycles. The van der Waals surface area contributed by atoms with E-state index in [1.54, 1.807) is 24.4 Å². The number of Topliss-reactive ketones (excluding diaryl/α,β-unsaturated/α-hetero) is 1. The maximum absolute atomic E-state index is 12.3. The summed E-state index contributed by atoms with van der Waals surface area (Å²) in [6, 6.07) is 9.91. The topological polar surface area (TPSA) is 53.8 Å². The van der Waals surface area contributed by atoms with Crippen molar-refractivity contribution in [3.8, 4) is 6.07 Å². The zero-order valence-corrected chi connectivity index (χ0v) is 11.2. The molecule has 5 heteroatoms. The molecule has 0 saturated heterocycles. The number of rotatable bonds is 3. The molecular formula is C14H8Cl2N2O. The number of nitrogens with zero attached hydrogens (tertiary/aromatic N) is 2. The zero-order valence-electron chi connectivity index (χ0n) is 9.68. The van der Waals surface area contributed by atoms with Gasteiger partial charge >= 0.3 is 0 Å². The lowest BCUT2D eigenvalue weighted by Crippen LogP contribution is -2.12. The third-order valence-electron chi connectivity index (χ3n) is 2.61. The molecule has 2 aromatic rings. The Hall–Kier alpha value is -1.89. The second kappa shape index (κ2) is 5.83. The SMILES string of the molecule is N#CC(C(=O)c1ccc(Cl)cc1Cl)c1cccnc1. The van der Waals surface area contributed by atoms with E-state index in [1.165, 1.54) is 18.3 Å². The van der Waals surface area contributed by atoms with E-state index in [1.807, 2.05) is 6.07 Å². The highest BCUT2D eigenvalue weighted by Crippen LogP contribution is 2.26. The first kappa shape index (κ1) is 13.5. The Morgan fingerprint density at radius 1 is 1.32 bits per heavy atom. The van der Waals surface area contributed by atoms with Gasteiger partial charge in [-0.25, -0.2) is 0 Å². The van der Waals surface area contributed by atoms with E-state index in [4.69, 9.17) is 23.2 Å². The second-order valence-corrected chi connectivity index (χ2v) is 4.68. The van der Waals surface area contributed by atoms with Crippen molar-refractivity contribution >= 4 is 29.0 Å². The largest absolute Gasteiger partial charge is 0.292 e. The van der Waals surface area contributed by atoms with Gasteiger partial charge in [0.2, 0.25) is 0 Å². The minimum Gasteiger partial charge on any atom is -0.292 e. The van der Waals surface area contributed by atoms with Gasteiger partial charge in [-0.15, -0.1) is 0 Å². The number of benzene rings is 1. The lowest BCUT2D eigenvalue weighted by Gasteiger charge is -2.09. The summed E-state index contributed by atoms with van der Waals surface area (Å²) >= 11 is 11.8. The van der Waals surface area contributed by atoms with E-state index < -0.39 is 5.92 Å². The molecule has 3 nitrogen and oxygen atoms in total. The Labute approximate surface area is 120 Å². The molecule has 1 aromatic carbocycles. The normalized spacial score (nSPS) is 11.6. The Kier molecular flexibility index (Phi) is 4.16. The average molecular weight is 291 g/mol. The number of aromatic nitrogens is 1. The fourth-order valence-corrected chi connectivity index (χ4v) is 2.18. The van der Waals surface area contributed by atoms with Crippen molar-refractivity contribution in [3.05, 3.63) is 63.9 Å². The minimum atomic E-state index is -0.924. The first-order chi connectivity index (χ1) is 9.13. The van der Waals surface area contributed by atoms with Gasteiger partial charge in [0.1, 0.15) is 5.92 Å². The van der Waals surface area contributed by atoms with Crippen LogP contribution in [0.2, 0.25) is 10.0 Å². The smallest absolute Gasteiger partial charge is 0.186 e. The van der Waals surface area contributed by atoms with Gasteiger partial charge in [0.25, 0.3) is 0 Å². The van der Waals surface area contributed by atoms with Crippen molar-refractivity contribution in [2.75, 3.05) is 0 Å². The molecule has 19 heavy (non-hydrogen) atoms. The quantitative estimate of drug-likeness (QED) is 0.806. The van der Waals surface area contributed by atoms with Gasteiger partial charge in [0.15, 0.2) is 5.78 Å². The van der Waals surface area contributed by atoms with Gasteiger partial charge < -0.3 is 0 Å².